The molecule has 33 heavy (non-hydrogen) atoms. The number of aryl methyl sites for hydroxylation is 1. The van der Waals surface area contributed by atoms with E-state index in [9.17, 15) is 0 Å². The van der Waals surface area contributed by atoms with Crippen LogP contribution in [0.25, 0.3) is 0 Å². The van der Waals surface area contributed by atoms with Gasteiger partial charge in [-0.25, -0.2) is 0 Å². The van der Waals surface area contributed by atoms with E-state index in [2.05, 4.69) is 49.4 Å². The van der Waals surface area contributed by atoms with Gasteiger partial charge in [0.15, 0.2) is 0 Å². The fourth-order valence-electron chi connectivity index (χ4n) is 5.77. The first-order valence-corrected chi connectivity index (χ1v) is 13.8. The number of nitriles is 1. The number of hydrogen-bond donors (Lipinski definition) is 0. The van der Waals surface area contributed by atoms with Gasteiger partial charge >= 0.3 is 0 Å². The minimum atomic E-state index is 0.777. The zero-order valence-electron chi connectivity index (χ0n) is 20.9. The first-order valence-electron chi connectivity index (χ1n) is 13.8. The Kier molecular flexibility index (Phi) is 11.6. The lowest BCUT2D eigenvalue weighted by Crippen LogP contribution is -2.14. The molecule has 2 aliphatic carbocycles. The van der Waals surface area contributed by atoms with Crippen LogP contribution in [0, 0.1) is 29.1 Å². The Morgan fingerprint density at radius 3 is 2.15 bits per heavy atom. The zero-order valence-corrected chi connectivity index (χ0v) is 20.9. The summed E-state index contributed by atoms with van der Waals surface area (Å²) in [4.78, 5) is 0. The van der Waals surface area contributed by atoms with Gasteiger partial charge < -0.3 is 0 Å². The summed E-state index contributed by atoms with van der Waals surface area (Å²) in [5.41, 5.74) is 3.09. The first-order chi connectivity index (χ1) is 16.3. The molecule has 1 nitrogen and oxygen atoms in total. The van der Waals surface area contributed by atoms with Crippen LogP contribution in [-0.4, -0.2) is 0 Å². The summed E-state index contributed by atoms with van der Waals surface area (Å²) in [6.45, 7) is 2.28. The molecule has 3 rings (SSSR count). The summed E-state index contributed by atoms with van der Waals surface area (Å²) in [6.07, 6.45) is 31.4. The molecule has 1 heteroatoms. The summed E-state index contributed by atoms with van der Waals surface area (Å²) >= 11 is 0. The first kappa shape index (κ1) is 25.6. The molecule has 0 atom stereocenters. The lowest BCUT2D eigenvalue weighted by molar-refractivity contribution is 0.295. The lowest BCUT2D eigenvalue weighted by Gasteiger charge is -2.29. The summed E-state index contributed by atoms with van der Waals surface area (Å²) in [5.74, 6) is 3.29. The summed E-state index contributed by atoms with van der Waals surface area (Å²) in [6, 6.07) is 11.6. The highest BCUT2D eigenvalue weighted by atomic mass is 14.3. The van der Waals surface area contributed by atoms with E-state index >= 15 is 0 Å². The predicted molar refractivity (Wildman–Crippen MR) is 142 cm³/mol. The van der Waals surface area contributed by atoms with Gasteiger partial charge in [0.25, 0.3) is 0 Å². The summed E-state index contributed by atoms with van der Waals surface area (Å²) in [7, 11) is 0. The molecule has 1 aromatic rings. The molecule has 0 aromatic heterocycles. The monoisotopic (exact) mass is 443 g/mol. The van der Waals surface area contributed by atoms with Gasteiger partial charge in [0.1, 0.15) is 0 Å². The standard InChI is InChI=1S/C32H45N/c1-2-3-7-10-28-18-22-31(23-19-28)32-24-20-30(21-25-32)17-16-29-14-12-27(13-15-29)11-8-5-4-6-9-26-33/h4-6,9,16-19,22-23,27,29-30,32H,2-3,7-8,10-15,20-21,24-25H2,1H3/t27-,29-,30-,32-. The van der Waals surface area contributed by atoms with Gasteiger partial charge in [-0.05, 0) is 112 Å². The van der Waals surface area contributed by atoms with Crippen molar-refractivity contribution >= 4 is 0 Å². The summed E-state index contributed by atoms with van der Waals surface area (Å²) < 4.78 is 0. The number of benzene rings is 1. The second-order valence-corrected chi connectivity index (χ2v) is 10.5. The largest absolute Gasteiger partial charge is 0.193 e. The minimum Gasteiger partial charge on any atom is -0.193 e. The van der Waals surface area contributed by atoms with Crippen molar-refractivity contribution in [3.8, 4) is 6.07 Å². The third-order valence-electron chi connectivity index (χ3n) is 8.00. The fraction of sp³-hybridized carbons (Fsp3) is 0.594. The van der Waals surface area contributed by atoms with Crippen LogP contribution in [0.5, 0.6) is 0 Å². The fourth-order valence-corrected chi connectivity index (χ4v) is 5.77. The number of hydrogen-bond acceptors (Lipinski definition) is 1. The molecule has 0 saturated heterocycles. The van der Waals surface area contributed by atoms with Gasteiger partial charge in [-0.1, -0.05) is 74.4 Å². The summed E-state index contributed by atoms with van der Waals surface area (Å²) in [5, 5.41) is 8.50. The quantitative estimate of drug-likeness (QED) is 0.144. The van der Waals surface area contributed by atoms with Crippen LogP contribution in [0.3, 0.4) is 0 Å². The van der Waals surface area contributed by atoms with Crippen molar-refractivity contribution < 1.29 is 0 Å². The molecule has 0 unspecified atom stereocenters. The van der Waals surface area contributed by atoms with Crippen LogP contribution in [0.1, 0.15) is 107 Å². The van der Waals surface area contributed by atoms with Crippen LogP contribution in [-0.2, 0) is 6.42 Å². The SMILES string of the molecule is CCCCCc1ccc([C@H]2CC[C@H](C=C[C@H]3CC[C@H](CCC=CC=CC#N)CC3)CC2)cc1. The number of rotatable bonds is 11. The van der Waals surface area contributed by atoms with Crippen molar-refractivity contribution in [3.63, 3.8) is 0 Å². The van der Waals surface area contributed by atoms with Crippen molar-refractivity contribution in [1.29, 1.82) is 5.26 Å². The molecule has 0 heterocycles. The molecule has 178 valence electrons. The third-order valence-corrected chi connectivity index (χ3v) is 8.00. The molecular weight excluding hydrogens is 398 g/mol. The molecule has 0 radical (unpaired) electrons. The number of nitrogens with zero attached hydrogens (tertiary/aromatic N) is 1. The molecule has 1 aromatic carbocycles. The Labute approximate surface area is 203 Å². The second-order valence-electron chi connectivity index (χ2n) is 10.5. The predicted octanol–water partition coefficient (Wildman–Crippen LogP) is 9.47. The molecule has 0 bridgehead atoms. The number of allylic oxidation sites excluding steroid dienone is 6. The van der Waals surface area contributed by atoms with Crippen molar-refractivity contribution in [1.82, 2.24) is 0 Å². The van der Waals surface area contributed by atoms with E-state index in [4.69, 9.17) is 5.26 Å². The zero-order chi connectivity index (χ0) is 23.1. The van der Waals surface area contributed by atoms with Crippen LogP contribution < -0.4 is 0 Å². The van der Waals surface area contributed by atoms with Crippen molar-refractivity contribution in [3.05, 3.63) is 71.8 Å². The van der Waals surface area contributed by atoms with Gasteiger partial charge in [-0.2, -0.15) is 5.26 Å². The Morgan fingerprint density at radius 2 is 1.52 bits per heavy atom. The molecular formula is C32H45N. The molecule has 0 N–H and O–H groups in total. The smallest absolute Gasteiger partial charge is 0.0912 e. The number of unbranched alkanes of at least 4 members (excludes halogenated alkanes) is 2. The molecule has 2 fully saturated rings. The highest BCUT2D eigenvalue weighted by molar-refractivity contribution is 5.26. The van der Waals surface area contributed by atoms with Crippen LogP contribution >= 0.6 is 0 Å². The highest BCUT2D eigenvalue weighted by Crippen LogP contribution is 2.38. The van der Waals surface area contributed by atoms with E-state index < -0.39 is 0 Å². The van der Waals surface area contributed by atoms with E-state index in [1.165, 1.54) is 95.1 Å². The van der Waals surface area contributed by atoms with Crippen molar-refractivity contribution in [2.75, 3.05) is 0 Å². The Morgan fingerprint density at radius 1 is 0.848 bits per heavy atom. The van der Waals surface area contributed by atoms with Gasteiger partial charge in [0.2, 0.25) is 0 Å². The minimum absolute atomic E-state index is 0.777. The Balaban J connectivity index is 1.32. The van der Waals surface area contributed by atoms with Gasteiger partial charge in [-0.15, -0.1) is 0 Å². The van der Waals surface area contributed by atoms with E-state index in [-0.39, 0.29) is 0 Å². The lowest BCUT2D eigenvalue weighted by atomic mass is 9.76. The van der Waals surface area contributed by atoms with Crippen molar-refractivity contribution in [2.24, 2.45) is 17.8 Å². The topological polar surface area (TPSA) is 23.8 Å². The van der Waals surface area contributed by atoms with Crippen LogP contribution in [0.15, 0.2) is 60.7 Å². The Hall–Kier alpha value is -2.07. The molecule has 0 spiro atoms. The maximum Gasteiger partial charge on any atom is 0.0912 e. The van der Waals surface area contributed by atoms with E-state index in [0.717, 1.165) is 30.1 Å². The average molecular weight is 444 g/mol. The van der Waals surface area contributed by atoms with Gasteiger partial charge in [0, 0.05) is 6.08 Å². The molecule has 0 amide bonds. The maximum atomic E-state index is 8.50. The van der Waals surface area contributed by atoms with Crippen LogP contribution in [0.4, 0.5) is 0 Å². The van der Waals surface area contributed by atoms with E-state index in [0.29, 0.717) is 0 Å². The second kappa shape index (κ2) is 15.0. The van der Waals surface area contributed by atoms with Gasteiger partial charge in [-0.3, -0.25) is 0 Å². The third kappa shape index (κ3) is 9.37. The van der Waals surface area contributed by atoms with Crippen LogP contribution in [0.2, 0.25) is 0 Å². The average Bonchev–Trinajstić information content (AvgIpc) is 2.86. The normalized spacial score (nSPS) is 26.3. The molecule has 2 aliphatic rings. The molecule has 0 aliphatic heterocycles. The van der Waals surface area contributed by atoms with Crippen molar-refractivity contribution in [2.45, 2.75) is 103 Å². The molecule has 2 saturated carbocycles. The maximum absolute atomic E-state index is 8.50. The Bertz CT molecular complexity index is 775. The van der Waals surface area contributed by atoms with E-state index in [1.54, 1.807) is 5.56 Å². The highest BCUT2D eigenvalue weighted by Gasteiger charge is 2.22. The van der Waals surface area contributed by atoms with E-state index in [1.807, 2.05) is 18.2 Å². The van der Waals surface area contributed by atoms with Gasteiger partial charge in [0.05, 0.1) is 6.07 Å².